The van der Waals surface area contributed by atoms with E-state index in [1.165, 1.54) is 18.1 Å². The predicted molar refractivity (Wildman–Crippen MR) is 87.4 cm³/mol. The Hall–Kier alpha value is -0.600. The number of rotatable bonds is 3. The fourth-order valence-electron chi connectivity index (χ4n) is 2.45. The van der Waals surface area contributed by atoms with Gasteiger partial charge in [-0.25, -0.2) is 0 Å². The van der Waals surface area contributed by atoms with Crippen LogP contribution in [0.25, 0.3) is 0 Å². The van der Waals surface area contributed by atoms with Gasteiger partial charge in [-0.3, -0.25) is 4.90 Å². The average molecular weight is 398 g/mol. The maximum atomic E-state index is 13.4. The third-order valence-corrected chi connectivity index (χ3v) is 3.70. The van der Waals surface area contributed by atoms with Crippen molar-refractivity contribution in [2.45, 2.75) is 12.2 Å². The predicted octanol–water partition coefficient (Wildman–Crippen LogP) is 3.41. The van der Waals surface area contributed by atoms with Crippen LogP contribution in [0.3, 0.4) is 0 Å². The number of nitrogens with one attached hydrogen (secondary N) is 1. The highest BCUT2D eigenvalue weighted by Crippen LogP contribution is 2.43. The van der Waals surface area contributed by atoms with E-state index in [0.717, 1.165) is 6.07 Å². The van der Waals surface area contributed by atoms with Crippen LogP contribution < -0.4 is 10.1 Å². The van der Waals surface area contributed by atoms with Gasteiger partial charge in [0.05, 0.1) is 12.1 Å². The van der Waals surface area contributed by atoms with E-state index >= 15 is 0 Å². The summed E-state index contributed by atoms with van der Waals surface area (Å²) in [6.45, 7) is 1.56. The van der Waals surface area contributed by atoms with E-state index in [4.69, 9.17) is 16.3 Å². The van der Waals surface area contributed by atoms with Gasteiger partial charge in [-0.1, -0.05) is 11.6 Å². The second-order valence-electron chi connectivity index (χ2n) is 4.78. The number of ether oxygens (including phenoxy) is 1. The van der Waals surface area contributed by atoms with Gasteiger partial charge < -0.3 is 15.2 Å². The molecule has 134 valence electrons. The van der Waals surface area contributed by atoms with Gasteiger partial charge in [0.25, 0.3) is 0 Å². The van der Waals surface area contributed by atoms with Crippen molar-refractivity contribution >= 4 is 36.4 Å². The van der Waals surface area contributed by atoms with Crippen molar-refractivity contribution in [3.05, 3.63) is 22.7 Å². The van der Waals surface area contributed by atoms with Crippen molar-refractivity contribution in [3.63, 3.8) is 0 Å². The zero-order valence-electron chi connectivity index (χ0n) is 12.2. The molecule has 2 N–H and O–H groups in total. The van der Waals surface area contributed by atoms with Crippen LogP contribution in [-0.4, -0.2) is 49.5 Å². The normalized spacial score (nSPS) is 16.9. The summed E-state index contributed by atoms with van der Waals surface area (Å²) >= 11 is 5.80. The average Bonchev–Trinajstić information content (AvgIpc) is 2.42. The molecule has 0 radical (unpaired) electrons. The summed E-state index contributed by atoms with van der Waals surface area (Å²) < 4.78 is 45.2. The highest BCUT2D eigenvalue weighted by Gasteiger charge is 2.45. The van der Waals surface area contributed by atoms with Crippen molar-refractivity contribution in [2.75, 3.05) is 33.3 Å². The van der Waals surface area contributed by atoms with Crippen molar-refractivity contribution in [1.82, 2.24) is 10.2 Å². The molecule has 0 saturated carbocycles. The molecule has 1 aliphatic heterocycles. The number of phenols is 1. The van der Waals surface area contributed by atoms with Crippen LogP contribution in [-0.2, 0) is 0 Å². The molecule has 1 fully saturated rings. The van der Waals surface area contributed by atoms with E-state index in [1.807, 2.05) is 0 Å². The maximum Gasteiger partial charge on any atom is 0.408 e. The van der Waals surface area contributed by atoms with Gasteiger partial charge in [0, 0.05) is 26.2 Å². The summed E-state index contributed by atoms with van der Waals surface area (Å²) in [7, 11) is 1.27. The lowest BCUT2D eigenvalue weighted by molar-refractivity contribution is -0.187. The molecule has 1 atom stereocenters. The number of halogens is 6. The van der Waals surface area contributed by atoms with Crippen LogP contribution in [0, 0.1) is 0 Å². The van der Waals surface area contributed by atoms with Crippen LogP contribution in [0.15, 0.2) is 12.1 Å². The van der Waals surface area contributed by atoms with E-state index in [-0.39, 0.29) is 60.0 Å². The highest BCUT2D eigenvalue weighted by molar-refractivity contribution is 6.32. The minimum absolute atomic E-state index is 0. The summed E-state index contributed by atoms with van der Waals surface area (Å²) in [4.78, 5) is 1.35. The molecule has 1 saturated heterocycles. The molecule has 0 spiro atoms. The minimum Gasteiger partial charge on any atom is -0.503 e. The molecule has 2 rings (SSSR count). The van der Waals surface area contributed by atoms with Crippen molar-refractivity contribution in [1.29, 1.82) is 0 Å². The summed E-state index contributed by atoms with van der Waals surface area (Å²) in [6.07, 6.45) is -4.44. The first-order chi connectivity index (χ1) is 9.84. The first kappa shape index (κ1) is 22.4. The van der Waals surface area contributed by atoms with Gasteiger partial charge in [0.15, 0.2) is 11.5 Å². The SMILES string of the molecule is COc1cc([C@H](N2CCNCC2)C(F)(F)F)cc(Cl)c1O.Cl.Cl. The number of aromatic hydroxyl groups is 1. The molecule has 0 bridgehead atoms. The number of nitrogens with zero attached hydrogens (tertiary/aromatic N) is 1. The maximum absolute atomic E-state index is 13.4. The molecule has 10 heteroatoms. The molecule has 0 aromatic heterocycles. The number of methoxy groups -OCH3 is 1. The molecule has 1 aromatic rings. The third kappa shape index (κ3) is 5.19. The lowest BCUT2D eigenvalue weighted by Gasteiger charge is -2.36. The molecule has 1 aromatic carbocycles. The first-order valence-electron chi connectivity index (χ1n) is 6.42. The Kier molecular flexibility index (Phi) is 8.80. The van der Waals surface area contributed by atoms with Gasteiger partial charge >= 0.3 is 6.18 Å². The zero-order valence-corrected chi connectivity index (χ0v) is 14.6. The number of hydrogen-bond donors (Lipinski definition) is 2. The van der Waals surface area contributed by atoms with E-state index in [1.54, 1.807) is 0 Å². The molecule has 1 heterocycles. The van der Waals surface area contributed by atoms with Crippen LogP contribution in [0.5, 0.6) is 11.5 Å². The highest BCUT2D eigenvalue weighted by atomic mass is 35.5. The van der Waals surface area contributed by atoms with Crippen LogP contribution in [0.4, 0.5) is 13.2 Å². The Bertz CT molecular complexity index is 512. The molecule has 4 nitrogen and oxygen atoms in total. The van der Waals surface area contributed by atoms with Crippen LogP contribution in [0.1, 0.15) is 11.6 Å². The summed E-state index contributed by atoms with van der Waals surface area (Å²) in [5, 5.41) is 12.5. The molecule has 23 heavy (non-hydrogen) atoms. The number of benzene rings is 1. The van der Waals surface area contributed by atoms with Crippen molar-refractivity contribution in [2.24, 2.45) is 0 Å². The molecule has 1 aliphatic rings. The smallest absolute Gasteiger partial charge is 0.408 e. The Labute approximate surface area is 149 Å². The topological polar surface area (TPSA) is 44.7 Å². The van der Waals surface area contributed by atoms with Gasteiger partial charge in [0.2, 0.25) is 0 Å². The standard InChI is InChI=1S/C13H16ClF3N2O2.2ClH/c1-21-10-7-8(6-9(14)11(10)20)12(13(15,16)17)19-4-2-18-3-5-19;;/h6-7,12,18,20H,2-5H2,1H3;2*1H/t12-;;/m0../s1. The fraction of sp³-hybridized carbons (Fsp3) is 0.538. The number of alkyl halides is 3. The largest absolute Gasteiger partial charge is 0.503 e. The van der Waals surface area contributed by atoms with Gasteiger partial charge in [-0.15, -0.1) is 24.8 Å². The second kappa shape index (κ2) is 9.03. The number of piperazine rings is 1. The fourth-order valence-corrected chi connectivity index (χ4v) is 2.67. The lowest BCUT2D eigenvalue weighted by Crippen LogP contribution is -2.49. The lowest BCUT2D eigenvalue weighted by atomic mass is 10.0. The Balaban J connectivity index is 0.00000242. The van der Waals surface area contributed by atoms with Gasteiger partial charge in [-0.05, 0) is 17.7 Å². The summed E-state index contributed by atoms with van der Waals surface area (Å²) in [5.41, 5.74) is -0.0379. The van der Waals surface area contributed by atoms with E-state index in [9.17, 15) is 18.3 Å². The summed E-state index contributed by atoms with van der Waals surface area (Å²) in [6, 6.07) is 0.549. The Morgan fingerprint density at radius 1 is 1.26 bits per heavy atom. The van der Waals surface area contributed by atoms with E-state index < -0.39 is 12.2 Å². The van der Waals surface area contributed by atoms with Crippen molar-refractivity contribution < 1.29 is 23.0 Å². The minimum atomic E-state index is -4.44. The molecule has 0 unspecified atom stereocenters. The van der Waals surface area contributed by atoms with Crippen LogP contribution >= 0.6 is 36.4 Å². The first-order valence-corrected chi connectivity index (χ1v) is 6.80. The zero-order chi connectivity index (χ0) is 15.6. The number of phenolic OH excluding ortho intramolecular Hbond substituents is 1. The van der Waals surface area contributed by atoms with Gasteiger partial charge in [-0.2, -0.15) is 13.2 Å². The molecular weight excluding hydrogens is 380 g/mol. The Morgan fingerprint density at radius 3 is 2.30 bits per heavy atom. The molecule has 0 aliphatic carbocycles. The quantitative estimate of drug-likeness (QED) is 0.820. The monoisotopic (exact) mass is 396 g/mol. The Morgan fingerprint density at radius 2 is 1.83 bits per heavy atom. The van der Waals surface area contributed by atoms with E-state index in [0.29, 0.717) is 13.1 Å². The van der Waals surface area contributed by atoms with E-state index in [2.05, 4.69) is 5.32 Å². The van der Waals surface area contributed by atoms with Crippen LogP contribution in [0.2, 0.25) is 5.02 Å². The molecular formula is C13H18Cl3F3N2O2. The second-order valence-corrected chi connectivity index (χ2v) is 5.19. The third-order valence-electron chi connectivity index (χ3n) is 3.41. The summed E-state index contributed by atoms with van der Waals surface area (Å²) in [5.74, 6) is -0.425. The van der Waals surface area contributed by atoms with Gasteiger partial charge in [0.1, 0.15) is 6.04 Å². The van der Waals surface area contributed by atoms with Crippen molar-refractivity contribution in [3.8, 4) is 11.5 Å². The number of hydrogen-bond acceptors (Lipinski definition) is 4. The molecule has 0 amide bonds.